The van der Waals surface area contributed by atoms with E-state index in [0.717, 1.165) is 80.0 Å². The van der Waals surface area contributed by atoms with Crippen LogP contribution in [-0.2, 0) is 36.5 Å². The first kappa shape index (κ1) is 35.0. The van der Waals surface area contributed by atoms with Crippen LogP contribution in [0.2, 0.25) is 0 Å². The number of rotatable bonds is 6. The van der Waals surface area contributed by atoms with E-state index in [9.17, 15) is 10.2 Å². The van der Waals surface area contributed by atoms with Crippen LogP contribution in [0.15, 0.2) is 48.5 Å². The molecule has 0 spiro atoms. The Labute approximate surface area is 287 Å². The Bertz CT molecular complexity index is 1580. The van der Waals surface area contributed by atoms with Crippen LogP contribution in [0.5, 0.6) is 23.0 Å². The topological polar surface area (TPSA) is 111 Å². The van der Waals surface area contributed by atoms with Gasteiger partial charge >= 0.3 is 0 Å². The number of fused-ring (bicyclic) bond motifs is 8. The van der Waals surface area contributed by atoms with Gasteiger partial charge in [-0.3, -0.25) is 0 Å². The zero-order valence-electron chi connectivity index (χ0n) is 30.1. The maximum absolute atomic E-state index is 12.0. The van der Waals surface area contributed by atoms with Crippen LogP contribution in [0.3, 0.4) is 0 Å². The standard InChI is InChI=1S/C42H54N2O4/c1-9-11-47-39-29-13-25-17-33(41(3,4)5)19-27(37(25)45)15-31-23-36(44)24-32(40(31)48-12-10-2)16-28-20-34(42(6,7)8)18-26(38(28)46)14-30(39)22-35(43)21-29/h17-24,45-46H,9-16,43-44H2,1-8H3. The monoisotopic (exact) mass is 650 g/mol. The van der Waals surface area contributed by atoms with Crippen LogP contribution >= 0.6 is 0 Å². The van der Waals surface area contributed by atoms with Crippen LogP contribution in [0.4, 0.5) is 11.4 Å². The molecule has 256 valence electrons. The highest BCUT2D eigenvalue weighted by Gasteiger charge is 2.26. The lowest BCUT2D eigenvalue weighted by molar-refractivity contribution is 0.311. The highest BCUT2D eigenvalue weighted by molar-refractivity contribution is 5.62. The van der Waals surface area contributed by atoms with E-state index in [2.05, 4.69) is 79.7 Å². The van der Waals surface area contributed by atoms with Gasteiger partial charge in [0, 0.05) is 59.3 Å². The smallest absolute Gasteiger partial charge is 0.126 e. The van der Waals surface area contributed by atoms with Crippen LogP contribution in [-0.4, -0.2) is 23.4 Å². The van der Waals surface area contributed by atoms with Crippen molar-refractivity contribution in [3.05, 3.63) is 104 Å². The van der Waals surface area contributed by atoms with E-state index in [0.29, 0.717) is 50.3 Å². The van der Waals surface area contributed by atoms with Crippen LogP contribution in [0.1, 0.15) is 124 Å². The molecule has 6 heteroatoms. The lowest BCUT2D eigenvalue weighted by atomic mass is 9.81. The summed E-state index contributed by atoms with van der Waals surface area (Å²) in [4.78, 5) is 0. The molecule has 0 radical (unpaired) electrons. The number of phenolic OH excluding ortho intramolecular Hbond substituents is 2. The van der Waals surface area contributed by atoms with Gasteiger partial charge in [-0.05, 0) is 81.3 Å². The Morgan fingerprint density at radius 3 is 1.00 bits per heavy atom. The molecule has 0 aromatic heterocycles. The quantitative estimate of drug-likeness (QED) is 0.136. The van der Waals surface area contributed by atoms with E-state index in [1.807, 2.05) is 24.3 Å². The van der Waals surface area contributed by atoms with Gasteiger partial charge in [0.1, 0.15) is 23.0 Å². The molecule has 0 fully saturated rings. The number of nitrogen functional groups attached to an aromatic ring is 2. The molecule has 0 saturated carbocycles. The van der Waals surface area contributed by atoms with Gasteiger partial charge in [-0.2, -0.15) is 0 Å². The van der Waals surface area contributed by atoms with Crippen molar-refractivity contribution in [2.24, 2.45) is 0 Å². The lowest BCUT2D eigenvalue weighted by Crippen LogP contribution is -2.14. The lowest BCUT2D eigenvalue weighted by Gasteiger charge is -2.26. The molecule has 0 atom stereocenters. The summed E-state index contributed by atoms with van der Waals surface area (Å²) in [5.41, 5.74) is 23.2. The van der Waals surface area contributed by atoms with E-state index >= 15 is 0 Å². The Hall–Kier alpha value is -4.32. The summed E-state index contributed by atoms with van der Waals surface area (Å²) < 4.78 is 13.0. The van der Waals surface area contributed by atoms with E-state index in [1.54, 1.807) is 0 Å². The zero-order valence-corrected chi connectivity index (χ0v) is 30.1. The summed E-state index contributed by atoms with van der Waals surface area (Å²) in [7, 11) is 0. The molecular formula is C42H54N2O4. The van der Waals surface area contributed by atoms with Crippen molar-refractivity contribution in [3.63, 3.8) is 0 Å². The van der Waals surface area contributed by atoms with Crippen molar-refractivity contribution in [3.8, 4) is 23.0 Å². The fourth-order valence-corrected chi connectivity index (χ4v) is 6.61. The number of ether oxygens (including phenoxy) is 2. The van der Waals surface area contributed by atoms with Crippen molar-refractivity contribution in [1.29, 1.82) is 0 Å². The summed E-state index contributed by atoms with van der Waals surface area (Å²) in [6.45, 7) is 18.4. The second-order valence-electron chi connectivity index (χ2n) is 15.5. The van der Waals surface area contributed by atoms with Crippen molar-refractivity contribution in [2.75, 3.05) is 24.7 Å². The molecule has 1 aliphatic carbocycles. The summed E-state index contributed by atoms with van der Waals surface area (Å²) in [6.07, 6.45) is 3.41. The van der Waals surface area contributed by atoms with Gasteiger partial charge in [-0.25, -0.2) is 0 Å². The number of nitrogens with two attached hydrogens (primary N) is 2. The van der Waals surface area contributed by atoms with Crippen LogP contribution < -0.4 is 20.9 Å². The highest BCUT2D eigenvalue weighted by atomic mass is 16.5. The van der Waals surface area contributed by atoms with E-state index < -0.39 is 0 Å². The van der Waals surface area contributed by atoms with Crippen LogP contribution in [0, 0.1) is 0 Å². The minimum Gasteiger partial charge on any atom is -0.507 e. The molecule has 6 nitrogen and oxygen atoms in total. The van der Waals surface area contributed by atoms with Crippen molar-refractivity contribution in [1.82, 2.24) is 0 Å². The number of benzene rings is 4. The fourth-order valence-electron chi connectivity index (χ4n) is 6.61. The highest BCUT2D eigenvalue weighted by Crippen LogP contribution is 2.42. The molecule has 48 heavy (non-hydrogen) atoms. The average molecular weight is 651 g/mol. The third kappa shape index (κ3) is 7.53. The SMILES string of the molecule is CCCOc1c2cc(N)cc1Cc1cc(C(C)(C)C)cc(c1O)Cc1cc(N)cc(c1OCCC)Cc1cc(C(C)(C)C)cc(c1O)C2. The molecule has 0 heterocycles. The molecule has 5 rings (SSSR count). The van der Waals surface area contributed by atoms with Crippen molar-refractivity contribution < 1.29 is 19.7 Å². The van der Waals surface area contributed by atoms with Gasteiger partial charge in [0.15, 0.2) is 0 Å². The van der Waals surface area contributed by atoms with Gasteiger partial charge in [0.25, 0.3) is 0 Å². The number of phenols is 2. The maximum atomic E-state index is 12.0. The van der Waals surface area contributed by atoms with Gasteiger partial charge < -0.3 is 31.2 Å². The van der Waals surface area contributed by atoms with Gasteiger partial charge in [0.2, 0.25) is 0 Å². The van der Waals surface area contributed by atoms with Gasteiger partial charge in [-0.1, -0.05) is 79.7 Å². The third-order valence-electron chi connectivity index (χ3n) is 9.22. The first-order chi connectivity index (χ1) is 22.6. The molecule has 4 aromatic rings. The molecule has 6 N–H and O–H groups in total. The minimum atomic E-state index is -0.159. The Morgan fingerprint density at radius 2 is 0.771 bits per heavy atom. The van der Waals surface area contributed by atoms with Crippen LogP contribution in [0.25, 0.3) is 0 Å². The summed E-state index contributed by atoms with van der Waals surface area (Å²) in [5.74, 6) is 2.03. The zero-order chi connectivity index (χ0) is 35.0. The maximum Gasteiger partial charge on any atom is 0.126 e. The predicted octanol–water partition coefficient (Wildman–Crippen LogP) is 9.11. The van der Waals surface area contributed by atoms with E-state index in [-0.39, 0.29) is 22.3 Å². The van der Waals surface area contributed by atoms with E-state index in [1.165, 1.54) is 0 Å². The largest absolute Gasteiger partial charge is 0.507 e. The Kier molecular flexibility index (Phi) is 9.96. The second kappa shape index (κ2) is 13.7. The number of hydrogen-bond acceptors (Lipinski definition) is 6. The number of aromatic hydroxyl groups is 2. The van der Waals surface area contributed by atoms with Gasteiger partial charge in [-0.15, -0.1) is 0 Å². The van der Waals surface area contributed by atoms with Gasteiger partial charge in [0.05, 0.1) is 13.2 Å². The number of hydrogen-bond donors (Lipinski definition) is 4. The molecular weight excluding hydrogens is 596 g/mol. The summed E-state index contributed by atoms with van der Waals surface area (Å²) in [6, 6.07) is 16.3. The average Bonchev–Trinajstić information content (AvgIpc) is 2.98. The summed E-state index contributed by atoms with van der Waals surface area (Å²) >= 11 is 0. The Balaban J connectivity index is 1.86. The predicted molar refractivity (Wildman–Crippen MR) is 198 cm³/mol. The van der Waals surface area contributed by atoms with Crippen molar-refractivity contribution >= 4 is 11.4 Å². The molecule has 0 unspecified atom stereocenters. The molecule has 8 bridgehead atoms. The minimum absolute atomic E-state index is 0.159. The number of anilines is 2. The Morgan fingerprint density at radius 1 is 0.500 bits per heavy atom. The molecule has 0 amide bonds. The van der Waals surface area contributed by atoms with E-state index in [4.69, 9.17) is 20.9 Å². The first-order valence-corrected chi connectivity index (χ1v) is 17.4. The van der Waals surface area contributed by atoms with Crippen molar-refractivity contribution in [2.45, 2.75) is 105 Å². The molecule has 0 saturated heterocycles. The normalized spacial score (nSPS) is 13.3. The molecule has 4 aromatic carbocycles. The molecule has 0 aliphatic heterocycles. The fraction of sp³-hybridized carbons (Fsp3) is 0.429. The third-order valence-corrected chi connectivity index (χ3v) is 9.22. The molecule has 1 aliphatic rings. The summed E-state index contributed by atoms with van der Waals surface area (Å²) in [5, 5.41) is 23.9. The second-order valence-corrected chi connectivity index (χ2v) is 15.5. The first-order valence-electron chi connectivity index (χ1n) is 17.4.